The van der Waals surface area contributed by atoms with E-state index in [2.05, 4.69) is 13.8 Å². The van der Waals surface area contributed by atoms with Gasteiger partial charge in [0, 0.05) is 22.6 Å². The van der Waals surface area contributed by atoms with Crippen LogP contribution in [0.25, 0.3) is 0 Å². The van der Waals surface area contributed by atoms with Crippen LogP contribution in [0.2, 0.25) is 0 Å². The SMILES string of the molecule is C[C@@H]1CC[C@]23COC(=O)C2=C[C@@H](O)C[C@@H]3[C@@]1(C)C[C@@H](O)C1=CC(=O)OC1. The number of esters is 2. The summed E-state index contributed by atoms with van der Waals surface area (Å²) < 4.78 is 10.3. The molecule has 2 N–H and O–H groups in total. The van der Waals surface area contributed by atoms with Crippen molar-refractivity contribution in [1.29, 1.82) is 0 Å². The highest BCUT2D eigenvalue weighted by molar-refractivity contribution is 5.93. The molecule has 2 aliphatic carbocycles. The van der Waals surface area contributed by atoms with E-state index < -0.39 is 18.2 Å². The van der Waals surface area contributed by atoms with Gasteiger partial charge in [0.25, 0.3) is 0 Å². The summed E-state index contributed by atoms with van der Waals surface area (Å²) in [6.07, 6.45) is 4.42. The third-order valence-corrected chi connectivity index (χ3v) is 7.41. The molecule has 2 aliphatic heterocycles. The number of cyclic esters (lactones) is 2. The summed E-state index contributed by atoms with van der Waals surface area (Å²) in [5.74, 6) is -0.378. The Balaban J connectivity index is 1.68. The summed E-state index contributed by atoms with van der Waals surface area (Å²) in [4.78, 5) is 23.6. The van der Waals surface area contributed by atoms with Gasteiger partial charge in [0.15, 0.2) is 0 Å². The van der Waals surface area contributed by atoms with Crippen molar-refractivity contribution in [2.24, 2.45) is 22.7 Å². The molecule has 6 nitrogen and oxygen atoms in total. The van der Waals surface area contributed by atoms with Crippen LogP contribution in [0.5, 0.6) is 0 Å². The molecule has 2 heterocycles. The van der Waals surface area contributed by atoms with E-state index in [4.69, 9.17) is 9.47 Å². The van der Waals surface area contributed by atoms with E-state index in [-0.39, 0.29) is 29.3 Å². The lowest BCUT2D eigenvalue weighted by atomic mass is 9.46. The number of aliphatic hydroxyl groups is 2. The van der Waals surface area contributed by atoms with Gasteiger partial charge in [-0.15, -0.1) is 0 Å². The minimum atomic E-state index is -0.770. The van der Waals surface area contributed by atoms with Crippen molar-refractivity contribution >= 4 is 11.9 Å². The second-order valence-electron chi connectivity index (χ2n) is 8.66. The Hall–Kier alpha value is -1.66. The fraction of sp³-hybridized carbons (Fsp3) is 0.700. The number of carbonyl (C=O) groups excluding carboxylic acids is 2. The van der Waals surface area contributed by atoms with Crippen molar-refractivity contribution in [3.8, 4) is 0 Å². The Morgan fingerprint density at radius 1 is 1.35 bits per heavy atom. The fourth-order valence-electron chi connectivity index (χ4n) is 5.70. The Morgan fingerprint density at radius 3 is 2.81 bits per heavy atom. The maximum Gasteiger partial charge on any atom is 0.334 e. The van der Waals surface area contributed by atoms with Gasteiger partial charge in [0.2, 0.25) is 0 Å². The highest BCUT2D eigenvalue weighted by atomic mass is 16.5. The second kappa shape index (κ2) is 5.92. The van der Waals surface area contributed by atoms with Gasteiger partial charge in [-0.1, -0.05) is 13.8 Å². The molecule has 1 spiro atoms. The largest absolute Gasteiger partial charge is 0.461 e. The quantitative estimate of drug-likeness (QED) is 0.739. The molecule has 0 bridgehead atoms. The molecule has 2 fully saturated rings. The zero-order valence-corrected chi connectivity index (χ0v) is 15.2. The van der Waals surface area contributed by atoms with Crippen molar-refractivity contribution in [2.45, 2.75) is 51.7 Å². The third kappa shape index (κ3) is 2.46. The van der Waals surface area contributed by atoms with Crippen LogP contribution >= 0.6 is 0 Å². The maximum atomic E-state index is 12.2. The average Bonchev–Trinajstić information content (AvgIpc) is 3.16. The van der Waals surface area contributed by atoms with Crippen LogP contribution in [0.15, 0.2) is 23.3 Å². The van der Waals surface area contributed by atoms with E-state index >= 15 is 0 Å². The Labute approximate surface area is 152 Å². The number of ether oxygens (including phenoxy) is 2. The van der Waals surface area contributed by atoms with Crippen molar-refractivity contribution in [1.82, 2.24) is 0 Å². The first-order valence-corrected chi connectivity index (χ1v) is 9.39. The van der Waals surface area contributed by atoms with Crippen molar-refractivity contribution < 1.29 is 29.3 Å². The normalized spacial score (nSPS) is 43.0. The molecule has 6 atom stereocenters. The minimum Gasteiger partial charge on any atom is -0.461 e. The summed E-state index contributed by atoms with van der Waals surface area (Å²) in [5.41, 5.74) is 0.563. The molecule has 0 radical (unpaired) electrons. The monoisotopic (exact) mass is 362 g/mol. The molecule has 0 aromatic rings. The summed E-state index contributed by atoms with van der Waals surface area (Å²) in [7, 11) is 0. The van der Waals surface area contributed by atoms with E-state index in [1.165, 1.54) is 6.08 Å². The summed E-state index contributed by atoms with van der Waals surface area (Å²) >= 11 is 0. The zero-order valence-electron chi connectivity index (χ0n) is 15.2. The van der Waals surface area contributed by atoms with E-state index in [9.17, 15) is 19.8 Å². The Morgan fingerprint density at radius 2 is 2.12 bits per heavy atom. The second-order valence-corrected chi connectivity index (χ2v) is 8.66. The molecule has 1 saturated heterocycles. The van der Waals surface area contributed by atoms with Crippen LogP contribution in [0.3, 0.4) is 0 Å². The molecule has 0 aromatic heterocycles. The molecular formula is C20H26O6. The van der Waals surface area contributed by atoms with Crippen LogP contribution in [-0.4, -0.2) is 47.6 Å². The lowest BCUT2D eigenvalue weighted by molar-refractivity contribution is -0.136. The highest BCUT2D eigenvalue weighted by Crippen LogP contribution is 2.64. The van der Waals surface area contributed by atoms with Gasteiger partial charge in [0.1, 0.15) is 13.2 Å². The number of hydrogen-bond donors (Lipinski definition) is 2. The zero-order chi connectivity index (χ0) is 18.7. The summed E-state index contributed by atoms with van der Waals surface area (Å²) in [6.45, 7) is 4.81. The average molecular weight is 362 g/mol. The molecular weight excluding hydrogens is 336 g/mol. The number of rotatable bonds is 3. The van der Waals surface area contributed by atoms with E-state index in [0.717, 1.165) is 12.8 Å². The fourth-order valence-corrected chi connectivity index (χ4v) is 5.70. The van der Waals surface area contributed by atoms with Crippen molar-refractivity contribution in [2.75, 3.05) is 13.2 Å². The molecule has 1 saturated carbocycles. The first-order valence-electron chi connectivity index (χ1n) is 9.39. The molecule has 4 rings (SSSR count). The van der Waals surface area contributed by atoms with Gasteiger partial charge in [-0.3, -0.25) is 0 Å². The molecule has 6 heteroatoms. The number of hydrogen-bond acceptors (Lipinski definition) is 6. The third-order valence-electron chi connectivity index (χ3n) is 7.41. The van der Waals surface area contributed by atoms with Crippen molar-refractivity contribution in [3.05, 3.63) is 23.3 Å². The predicted molar refractivity (Wildman–Crippen MR) is 91.8 cm³/mol. The number of aliphatic hydroxyl groups excluding tert-OH is 2. The topological polar surface area (TPSA) is 93.1 Å². The Bertz CT molecular complexity index is 709. The molecule has 0 aromatic carbocycles. The van der Waals surface area contributed by atoms with Crippen LogP contribution in [0.4, 0.5) is 0 Å². The van der Waals surface area contributed by atoms with Crippen LogP contribution in [0, 0.1) is 22.7 Å². The molecule has 0 amide bonds. The first-order chi connectivity index (χ1) is 12.3. The van der Waals surface area contributed by atoms with Gasteiger partial charge in [0.05, 0.1) is 12.2 Å². The number of carbonyl (C=O) groups is 2. The Kier molecular flexibility index (Phi) is 4.04. The predicted octanol–water partition coefficient (Wildman–Crippen LogP) is 1.51. The lowest BCUT2D eigenvalue weighted by Crippen LogP contribution is -2.54. The summed E-state index contributed by atoms with van der Waals surface area (Å²) in [6, 6.07) is 0. The van der Waals surface area contributed by atoms with Crippen LogP contribution < -0.4 is 0 Å². The van der Waals surface area contributed by atoms with E-state index in [0.29, 0.717) is 36.5 Å². The molecule has 0 unspecified atom stereocenters. The van der Waals surface area contributed by atoms with Gasteiger partial charge in [-0.05, 0) is 49.0 Å². The summed E-state index contributed by atoms with van der Waals surface area (Å²) in [5, 5.41) is 21.2. The molecule has 4 aliphatic rings. The van der Waals surface area contributed by atoms with E-state index in [1.54, 1.807) is 6.08 Å². The minimum absolute atomic E-state index is 0.0356. The van der Waals surface area contributed by atoms with Crippen molar-refractivity contribution in [3.63, 3.8) is 0 Å². The standard InChI is InChI=1S/C20H26O6/c1-11-3-4-20-10-26-18(24)14(20)6-13(21)7-16(20)19(11,2)8-15(22)12-5-17(23)25-9-12/h5-6,11,13,15-16,21-22H,3-4,7-10H2,1-2H3/t11-,13-,15-,16-,19+,20+/m1/s1. The highest BCUT2D eigenvalue weighted by Gasteiger charge is 2.62. The molecule has 142 valence electrons. The van der Waals surface area contributed by atoms with Gasteiger partial charge >= 0.3 is 11.9 Å². The maximum absolute atomic E-state index is 12.2. The lowest BCUT2D eigenvalue weighted by Gasteiger charge is -2.57. The first kappa shape index (κ1) is 17.7. The van der Waals surface area contributed by atoms with Gasteiger partial charge in [-0.2, -0.15) is 0 Å². The molecule has 26 heavy (non-hydrogen) atoms. The van der Waals surface area contributed by atoms with Crippen LogP contribution in [-0.2, 0) is 19.1 Å². The smallest absolute Gasteiger partial charge is 0.334 e. The van der Waals surface area contributed by atoms with Gasteiger partial charge in [-0.25, -0.2) is 9.59 Å². The van der Waals surface area contributed by atoms with Gasteiger partial charge < -0.3 is 19.7 Å². The van der Waals surface area contributed by atoms with Crippen LogP contribution in [0.1, 0.15) is 39.5 Å². The van der Waals surface area contributed by atoms with E-state index in [1.807, 2.05) is 0 Å².